The monoisotopic (exact) mass is 286 g/mol. The van der Waals surface area contributed by atoms with Gasteiger partial charge in [0.1, 0.15) is 20.4 Å². The molecule has 0 unspecified atom stereocenters. The van der Waals surface area contributed by atoms with Gasteiger partial charge in [0.05, 0.1) is 11.8 Å². The average Bonchev–Trinajstić information content (AvgIpc) is 3.08. The number of rotatable bonds is 3. The molecule has 0 saturated heterocycles. The summed E-state index contributed by atoms with van der Waals surface area (Å²) in [5, 5.41) is 13.7. The van der Waals surface area contributed by atoms with Crippen molar-refractivity contribution in [3.63, 3.8) is 0 Å². The molecule has 9 nitrogen and oxygen atoms in total. The third-order valence-electron chi connectivity index (χ3n) is 3.36. The SMILES string of the molecule is BCn1cc(-c2nc3c(c(=O)[nH]c(=O)n3B)n2CO)cn1. The van der Waals surface area contributed by atoms with Crippen LogP contribution in [0.25, 0.3) is 22.6 Å². The summed E-state index contributed by atoms with van der Waals surface area (Å²) in [6.45, 7) is -0.426. The van der Waals surface area contributed by atoms with Crippen molar-refractivity contribution >= 4 is 27.0 Å². The minimum atomic E-state index is -0.580. The Morgan fingerprint density at radius 2 is 2.14 bits per heavy atom. The van der Waals surface area contributed by atoms with Gasteiger partial charge in [0.15, 0.2) is 11.2 Å². The Kier molecular flexibility index (Phi) is 3.05. The average molecular weight is 286 g/mol. The van der Waals surface area contributed by atoms with Crippen molar-refractivity contribution in [1.82, 2.24) is 28.8 Å². The van der Waals surface area contributed by atoms with Crippen molar-refractivity contribution in [1.29, 1.82) is 0 Å². The first-order chi connectivity index (χ1) is 10.1. The summed E-state index contributed by atoms with van der Waals surface area (Å²) in [6, 6.07) is 0. The van der Waals surface area contributed by atoms with E-state index in [4.69, 9.17) is 0 Å². The molecule has 0 bridgehead atoms. The van der Waals surface area contributed by atoms with Gasteiger partial charge in [-0.05, 0) is 0 Å². The van der Waals surface area contributed by atoms with E-state index < -0.39 is 18.0 Å². The number of aromatic nitrogens is 6. The molecule has 3 aromatic rings. The molecule has 106 valence electrons. The largest absolute Gasteiger partial charge is 0.376 e. The Hall–Kier alpha value is -2.55. The third-order valence-corrected chi connectivity index (χ3v) is 3.36. The van der Waals surface area contributed by atoms with Gasteiger partial charge in [-0.25, -0.2) is 9.78 Å². The van der Waals surface area contributed by atoms with Crippen LogP contribution in [0.15, 0.2) is 22.0 Å². The Bertz CT molecular complexity index is 937. The molecule has 0 aliphatic rings. The second-order valence-electron chi connectivity index (χ2n) is 4.58. The lowest BCUT2D eigenvalue weighted by Crippen LogP contribution is -2.30. The number of imidazole rings is 1. The van der Waals surface area contributed by atoms with Gasteiger partial charge in [-0.1, -0.05) is 0 Å². The molecule has 0 fully saturated rings. The lowest BCUT2D eigenvalue weighted by molar-refractivity contribution is 0.216. The number of aromatic amines is 1. The fraction of sp³-hybridized carbons (Fsp3) is 0.200. The van der Waals surface area contributed by atoms with Crippen molar-refractivity contribution in [2.75, 3.05) is 0 Å². The van der Waals surface area contributed by atoms with Gasteiger partial charge in [-0.3, -0.25) is 19.0 Å². The van der Waals surface area contributed by atoms with E-state index in [0.29, 0.717) is 17.8 Å². The van der Waals surface area contributed by atoms with Gasteiger partial charge in [-0.15, -0.1) is 0 Å². The molecule has 3 heterocycles. The van der Waals surface area contributed by atoms with E-state index in [1.54, 1.807) is 17.1 Å². The summed E-state index contributed by atoms with van der Waals surface area (Å²) in [6.07, 6.45) is 4.06. The van der Waals surface area contributed by atoms with E-state index >= 15 is 0 Å². The Morgan fingerprint density at radius 1 is 1.38 bits per heavy atom. The summed E-state index contributed by atoms with van der Waals surface area (Å²) in [5.41, 5.74) is -0.0977. The molecule has 21 heavy (non-hydrogen) atoms. The maximum absolute atomic E-state index is 12.0. The summed E-state index contributed by atoms with van der Waals surface area (Å²) in [4.78, 5) is 30.1. The number of aliphatic hydroxyl groups excluding tert-OH is 1. The predicted octanol–water partition coefficient (Wildman–Crippen LogP) is -3.31. The van der Waals surface area contributed by atoms with Crippen molar-refractivity contribution < 1.29 is 5.11 Å². The van der Waals surface area contributed by atoms with E-state index in [1.807, 2.05) is 7.85 Å². The fourth-order valence-corrected chi connectivity index (χ4v) is 2.24. The van der Waals surface area contributed by atoms with Crippen LogP contribution in [-0.4, -0.2) is 49.7 Å². The van der Waals surface area contributed by atoms with Crippen LogP contribution >= 0.6 is 0 Å². The standard InChI is InChI=1S/C10H12B2N6O3/c11-3-16-2-5(1-13-16)7-14-8-6(17(7)4-19)9(20)15-10(21)18(8)12/h1-2,19H,3-4,11-12H2,(H,15,20,21). The number of H-pyrrole nitrogens is 1. The van der Waals surface area contributed by atoms with Gasteiger partial charge in [0, 0.05) is 12.6 Å². The number of nitrogens with zero attached hydrogens (tertiary/aromatic N) is 5. The molecular weight excluding hydrogens is 274 g/mol. The van der Waals surface area contributed by atoms with Gasteiger partial charge in [0.25, 0.3) is 5.56 Å². The molecule has 0 spiro atoms. The number of aliphatic hydroxyl groups is 1. The second kappa shape index (κ2) is 4.77. The Balaban J connectivity index is 2.39. The van der Waals surface area contributed by atoms with Gasteiger partial charge in [-0.2, -0.15) is 5.10 Å². The summed E-state index contributed by atoms with van der Waals surface area (Å²) < 4.78 is 4.29. The van der Waals surface area contributed by atoms with E-state index in [1.165, 1.54) is 17.0 Å². The summed E-state index contributed by atoms with van der Waals surface area (Å²) in [5.74, 6) is 0.388. The van der Waals surface area contributed by atoms with Gasteiger partial charge >= 0.3 is 5.69 Å². The zero-order chi connectivity index (χ0) is 15.1. The number of nitrogens with one attached hydrogen (secondary N) is 1. The quantitative estimate of drug-likeness (QED) is 0.490. The highest BCUT2D eigenvalue weighted by Crippen LogP contribution is 2.21. The first-order valence-corrected chi connectivity index (χ1v) is 6.40. The number of hydrogen-bond acceptors (Lipinski definition) is 5. The van der Waals surface area contributed by atoms with Crippen LogP contribution in [0.4, 0.5) is 0 Å². The maximum atomic E-state index is 12.0. The van der Waals surface area contributed by atoms with Crippen LogP contribution in [0.2, 0.25) is 0 Å². The van der Waals surface area contributed by atoms with Gasteiger partial charge in [0.2, 0.25) is 7.98 Å². The Labute approximate surface area is 119 Å². The number of hydrogen-bond donors (Lipinski definition) is 2. The minimum Gasteiger partial charge on any atom is -0.376 e. The molecular formula is C10H12B2N6O3. The normalized spacial score (nSPS) is 11.3. The van der Waals surface area contributed by atoms with Crippen molar-refractivity contribution in [2.45, 2.75) is 13.2 Å². The first kappa shape index (κ1) is 13.4. The molecule has 0 atom stereocenters. The molecule has 2 N–H and O–H groups in total. The molecule has 0 aliphatic heterocycles. The summed E-state index contributed by atoms with van der Waals surface area (Å²) >= 11 is 0. The van der Waals surface area contributed by atoms with E-state index in [0.717, 1.165) is 0 Å². The predicted molar refractivity (Wildman–Crippen MR) is 80.5 cm³/mol. The lowest BCUT2D eigenvalue weighted by Gasteiger charge is -2.02. The first-order valence-electron chi connectivity index (χ1n) is 6.40. The van der Waals surface area contributed by atoms with Crippen molar-refractivity contribution in [3.8, 4) is 11.4 Å². The molecule has 0 saturated carbocycles. The molecule has 0 aliphatic carbocycles. The second-order valence-corrected chi connectivity index (χ2v) is 4.58. The lowest BCUT2D eigenvalue weighted by atomic mass is 10.2. The number of fused-ring (bicyclic) bond motifs is 1. The van der Waals surface area contributed by atoms with Gasteiger partial charge < -0.3 is 9.58 Å². The van der Waals surface area contributed by atoms with Crippen molar-refractivity contribution in [2.24, 2.45) is 0 Å². The maximum Gasteiger partial charge on any atom is 0.317 e. The highest BCUT2D eigenvalue weighted by Gasteiger charge is 2.18. The van der Waals surface area contributed by atoms with E-state index in [9.17, 15) is 14.7 Å². The van der Waals surface area contributed by atoms with Crippen LogP contribution in [0.3, 0.4) is 0 Å². The molecule has 3 aromatic heterocycles. The fourth-order valence-electron chi connectivity index (χ4n) is 2.24. The summed E-state index contributed by atoms with van der Waals surface area (Å²) in [7, 11) is 3.45. The zero-order valence-corrected chi connectivity index (χ0v) is 11.6. The smallest absolute Gasteiger partial charge is 0.317 e. The van der Waals surface area contributed by atoms with Crippen LogP contribution in [0.1, 0.15) is 0 Å². The van der Waals surface area contributed by atoms with Crippen LogP contribution in [0, 0.1) is 0 Å². The van der Waals surface area contributed by atoms with Crippen molar-refractivity contribution in [3.05, 3.63) is 33.2 Å². The molecule has 11 heteroatoms. The molecule has 3 rings (SSSR count). The highest BCUT2D eigenvalue weighted by molar-refractivity contribution is 6.10. The molecule has 0 amide bonds. The van der Waals surface area contributed by atoms with Crippen LogP contribution in [0.5, 0.6) is 0 Å². The topological polar surface area (TPSA) is 111 Å². The highest BCUT2D eigenvalue weighted by atomic mass is 16.3. The molecule has 0 aromatic carbocycles. The Morgan fingerprint density at radius 3 is 2.76 bits per heavy atom. The van der Waals surface area contributed by atoms with Crippen LogP contribution < -0.4 is 11.2 Å². The van der Waals surface area contributed by atoms with E-state index in [2.05, 4.69) is 15.1 Å². The van der Waals surface area contributed by atoms with E-state index in [-0.39, 0.29) is 11.2 Å². The third kappa shape index (κ3) is 1.93. The van der Waals surface area contributed by atoms with Crippen LogP contribution in [-0.2, 0) is 13.2 Å². The molecule has 0 radical (unpaired) electrons. The zero-order valence-electron chi connectivity index (χ0n) is 11.6. The minimum absolute atomic E-state index is 0.152.